The third-order valence-corrected chi connectivity index (χ3v) is 3.25. The monoisotopic (exact) mass is 233 g/mol. The molecule has 1 aliphatic heterocycles. The van der Waals surface area contributed by atoms with Gasteiger partial charge < -0.3 is 0 Å². The predicted molar refractivity (Wildman–Crippen MR) is 61.1 cm³/mol. The van der Waals surface area contributed by atoms with Gasteiger partial charge in [0.15, 0.2) is 5.16 Å². The number of thioether (sulfide) groups is 1. The average Bonchev–Trinajstić information content (AvgIpc) is 2.31. The van der Waals surface area contributed by atoms with E-state index in [2.05, 4.69) is 10.4 Å². The summed E-state index contributed by atoms with van der Waals surface area (Å²) < 4.78 is 1.21. The van der Waals surface area contributed by atoms with Gasteiger partial charge in [0, 0.05) is 0 Å². The molecule has 16 heavy (non-hydrogen) atoms. The SMILES string of the molecule is O=C1CSc2nc3ccccc3c(=O)n2N1. The molecule has 0 saturated carbocycles. The average molecular weight is 233 g/mol. The lowest BCUT2D eigenvalue weighted by molar-refractivity contribution is -0.115. The predicted octanol–water partition coefficient (Wildman–Crippen LogP) is 0.572. The van der Waals surface area contributed by atoms with Gasteiger partial charge in [-0.15, -0.1) is 0 Å². The van der Waals surface area contributed by atoms with E-state index in [1.165, 1.54) is 16.4 Å². The summed E-state index contributed by atoms with van der Waals surface area (Å²) in [6.45, 7) is 0. The zero-order valence-electron chi connectivity index (χ0n) is 8.14. The van der Waals surface area contributed by atoms with Gasteiger partial charge in [0.25, 0.3) is 5.56 Å². The number of carbonyl (C=O) groups is 1. The van der Waals surface area contributed by atoms with Gasteiger partial charge >= 0.3 is 0 Å². The van der Waals surface area contributed by atoms with Gasteiger partial charge in [0.05, 0.1) is 16.7 Å². The van der Waals surface area contributed by atoms with E-state index in [1.807, 2.05) is 6.07 Å². The van der Waals surface area contributed by atoms with Crippen molar-refractivity contribution in [3.8, 4) is 0 Å². The highest BCUT2D eigenvalue weighted by Crippen LogP contribution is 2.19. The molecule has 1 aromatic heterocycles. The third kappa shape index (κ3) is 1.30. The molecule has 1 N–H and O–H groups in total. The summed E-state index contributed by atoms with van der Waals surface area (Å²) in [6, 6.07) is 7.09. The molecule has 0 radical (unpaired) electrons. The van der Waals surface area contributed by atoms with Crippen LogP contribution in [0.2, 0.25) is 0 Å². The molecular weight excluding hydrogens is 226 g/mol. The summed E-state index contributed by atoms with van der Waals surface area (Å²) in [5.41, 5.74) is 2.92. The van der Waals surface area contributed by atoms with Crippen molar-refractivity contribution >= 4 is 28.6 Å². The van der Waals surface area contributed by atoms with Crippen molar-refractivity contribution in [2.75, 3.05) is 11.2 Å². The van der Waals surface area contributed by atoms with Gasteiger partial charge in [-0.05, 0) is 12.1 Å². The van der Waals surface area contributed by atoms with Gasteiger partial charge in [-0.3, -0.25) is 15.0 Å². The Morgan fingerprint density at radius 3 is 3.00 bits per heavy atom. The molecule has 0 saturated heterocycles. The lowest BCUT2D eigenvalue weighted by Gasteiger charge is -2.17. The largest absolute Gasteiger partial charge is 0.281 e. The van der Waals surface area contributed by atoms with Crippen molar-refractivity contribution in [2.45, 2.75) is 5.16 Å². The van der Waals surface area contributed by atoms with Gasteiger partial charge in [0.1, 0.15) is 0 Å². The van der Waals surface area contributed by atoms with Crippen LogP contribution >= 0.6 is 11.8 Å². The van der Waals surface area contributed by atoms with Crippen LogP contribution < -0.4 is 11.0 Å². The molecule has 6 heteroatoms. The number of para-hydroxylation sites is 1. The minimum Gasteiger partial charge on any atom is -0.272 e. The van der Waals surface area contributed by atoms with Crippen LogP contribution in [0.5, 0.6) is 0 Å². The topological polar surface area (TPSA) is 64.0 Å². The van der Waals surface area contributed by atoms with E-state index >= 15 is 0 Å². The van der Waals surface area contributed by atoms with Gasteiger partial charge in [-0.25, -0.2) is 4.98 Å². The number of aromatic nitrogens is 2. The normalized spacial score (nSPS) is 14.6. The maximum atomic E-state index is 12.0. The van der Waals surface area contributed by atoms with Crippen molar-refractivity contribution in [2.24, 2.45) is 0 Å². The molecule has 2 heterocycles. The third-order valence-electron chi connectivity index (χ3n) is 2.31. The molecule has 2 aromatic rings. The highest BCUT2D eigenvalue weighted by molar-refractivity contribution is 7.99. The number of hydrogen-bond acceptors (Lipinski definition) is 4. The maximum absolute atomic E-state index is 12.0. The number of fused-ring (bicyclic) bond motifs is 2. The number of nitrogens with zero attached hydrogens (tertiary/aromatic N) is 2. The lowest BCUT2D eigenvalue weighted by Crippen LogP contribution is -2.39. The van der Waals surface area contributed by atoms with E-state index < -0.39 is 0 Å². The van der Waals surface area contributed by atoms with Crippen molar-refractivity contribution in [1.82, 2.24) is 9.66 Å². The molecule has 0 fully saturated rings. The summed E-state index contributed by atoms with van der Waals surface area (Å²) in [5, 5.41) is 1.04. The first-order valence-electron chi connectivity index (χ1n) is 4.70. The minimum absolute atomic E-state index is 0.184. The first-order chi connectivity index (χ1) is 7.75. The van der Waals surface area contributed by atoms with Crippen LogP contribution in [-0.4, -0.2) is 21.3 Å². The molecule has 1 amide bonds. The number of carbonyl (C=O) groups excluding carboxylic acids is 1. The second kappa shape index (κ2) is 3.34. The van der Waals surface area contributed by atoms with E-state index in [-0.39, 0.29) is 11.5 Å². The number of amides is 1. The summed E-state index contributed by atoms with van der Waals surface area (Å²) in [5.74, 6) is 0.113. The smallest absolute Gasteiger partial charge is 0.272 e. The Morgan fingerprint density at radius 1 is 1.31 bits per heavy atom. The van der Waals surface area contributed by atoms with Gasteiger partial charge in [0.2, 0.25) is 5.91 Å². The van der Waals surface area contributed by atoms with Crippen LogP contribution in [0.4, 0.5) is 0 Å². The quantitative estimate of drug-likeness (QED) is 0.676. The fraction of sp³-hybridized carbons (Fsp3) is 0.100. The molecule has 80 valence electrons. The van der Waals surface area contributed by atoms with E-state index in [0.29, 0.717) is 21.8 Å². The molecule has 0 atom stereocenters. The first-order valence-corrected chi connectivity index (χ1v) is 5.69. The Labute approximate surface area is 94.5 Å². The minimum atomic E-state index is -0.235. The number of rotatable bonds is 0. The van der Waals surface area contributed by atoms with Crippen molar-refractivity contribution in [1.29, 1.82) is 0 Å². The molecular formula is C10H7N3O2S. The molecule has 1 aromatic carbocycles. The number of nitrogens with one attached hydrogen (secondary N) is 1. The van der Waals surface area contributed by atoms with Crippen LogP contribution in [0.3, 0.4) is 0 Å². The summed E-state index contributed by atoms with van der Waals surface area (Å²) in [6.07, 6.45) is 0. The molecule has 5 nitrogen and oxygen atoms in total. The number of hydrogen-bond donors (Lipinski definition) is 1. The Morgan fingerprint density at radius 2 is 2.12 bits per heavy atom. The molecule has 0 unspecified atom stereocenters. The molecule has 0 bridgehead atoms. The Kier molecular flexibility index (Phi) is 1.97. The Bertz CT molecular complexity index is 650. The maximum Gasteiger partial charge on any atom is 0.281 e. The molecule has 0 spiro atoms. The van der Waals surface area contributed by atoms with E-state index in [1.54, 1.807) is 18.2 Å². The van der Waals surface area contributed by atoms with E-state index in [4.69, 9.17) is 0 Å². The van der Waals surface area contributed by atoms with Gasteiger partial charge in [-0.1, -0.05) is 23.9 Å². The molecule has 1 aliphatic rings. The standard InChI is InChI=1S/C10H7N3O2S/c14-8-5-16-10-11-7-4-2-1-3-6(7)9(15)13(10)12-8/h1-4H,5H2,(H,12,14). The Balaban J connectivity index is 2.38. The summed E-state index contributed by atoms with van der Waals surface area (Å²) >= 11 is 1.27. The van der Waals surface area contributed by atoms with E-state index in [0.717, 1.165) is 0 Å². The van der Waals surface area contributed by atoms with E-state index in [9.17, 15) is 9.59 Å². The van der Waals surface area contributed by atoms with Crippen LogP contribution in [0, 0.1) is 0 Å². The number of benzene rings is 1. The molecule has 0 aliphatic carbocycles. The fourth-order valence-electron chi connectivity index (χ4n) is 1.59. The van der Waals surface area contributed by atoms with Crippen LogP contribution in [0.25, 0.3) is 10.9 Å². The molecule has 3 rings (SSSR count). The van der Waals surface area contributed by atoms with Crippen LogP contribution in [-0.2, 0) is 4.79 Å². The summed E-state index contributed by atoms with van der Waals surface area (Å²) in [4.78, 5) is 27.5. The highest BCUT2D eigenvalue weighted by atomic mass is 32.2. The van der Waals surface area contributed by atoms with Crippen molar-refractivity contribution in [3.05, 3.63) is 34.6 Å². The lowest BCUT2D eigenvalue weighted by atomic mass is 10.2. The second-order valence-electron chi connectivity index (χ2n) is 3.38. The first kappa shape index (κ1) is 9.41. The van der Waals surface area contributed by atoms with Gasteiger partial charge in [-0.2, -0.15) is 4.68 Å². The van der Waals surface area contributed by atoms with Crippen LogP contribution in [0.1, 0.15) is 0 Å². The van der Waals surface area contributed by atoms with Crippen molar-refractivity contribution < 1.29 is 4.79 Å². The van der Waals surface area contributed by atoms with Crippen LogP contribution in [0.15, 0.2) is 34.2 Å². The zero-order valence-corrected chi connectivity index (χ0v) is 8.95. The van der Waals surface area contributed by atoms with Crippen molar-refractivity contribution in [3.63, 3.8) is 0 Å². The highest BCUT2D eigenvalue weighted by Gasteiger charge is 2.18. The zero-order chi connectivity index (χ0) is 11.1. The Hall–Kier alpha value is -1.82. The summed E-state index contributed by atoms with van der Waals surface area (Å²) in [7, 11) is 0. The second-order valence-corrected chi connectivity index (χ2v) is 4.32. The fourth-order valence-corrected chi connectivity index (χ4v) is 2.34.